The van der Waals surface area contributed by atoms with Crippen molar-refractivity contribution < 1.29 is 19.1 Å². The molecule has 1 aliphatic rings. The van der Waals surface area contributed by atoms with Gasteiger partial charge in [-0.1, -0.05) is 39.7 Å². The third kappa shape index (κ3) is 3.86. The van der Waals surface area contributed by atoms with Gasteiger partial charge in [-0.05, 0) is 30.3 Å². The van der Waals surface area contributed by atoms with Gasteiger partial charge < -0.3 is 4.74 Å². The molecule has 1 fully saturated rings. The largest absolute Gasteiger partial charge is 0.495 e. The average Bonchev–Trinajstić information content (AvgIpc) is 2.63. The van der Waals surface area contributed by atoms with E-state index in [2.05, 4.69) is 26.2 Å². The van der Waals surface area contributed by atoms with Crippen LogP contribution in [0.15, 0.2) is 51.9 Å². The third-order valence-corrected chi connectivity index (χ3v) is 4.60. The number of nitrogens with zero attached hydrogens (tertiary/aromatic N) is 2. The van der Waals surface area contributed by atoms with Crippen LogP contribution in [-0.4, -0.2) is 31.2 Å². The van der Waals surface area contributed by atoms with E-state index in [9.17, 15) is 14.4 Å². The number of nitrogens with one attached hydrogen (secondary N) is 1. The zero-order valence-corrected chi connectivity index (χ0v) is 16.3. The van der Waals surface area contributed by atoms with Crippen LogP contribution in [0.2, 0.25) is 5.02 Å². The minimum atomic E-state index is -1.28. The predicted octanol–water partition coefficient (Wildman–Crippen LogP) is 3.71. The Morgan fingerprint density at radius 3 is 2.67 bits per heavy atom. The molecule has 0 spiro atoms. The molecule has 2 aromatic carbocycles. The molecule has 0 radical (unpaired) electrons. The Labute approximate surface area is 168 Å². The van der Waals surface area contributed by atoms with Crippen LogP contribution in [0.5, 0.6) is 5.75 Å². The van der Waals surface area contributed by atoms with Gasteiger partial charge in [0.2, 0.25) is 5.91 Å². The SMILES string of the molecule is COc1ccccc1N1C(=O)NC(=O)[C@H](C=Nc2ccc(Br)cc2Cl)C1=O. The fraction of sp³-hybridized carbons (Fsp3) is 0.111. The van der Waals surface area contributed by atoms with Crippen LogP contribution in [0, 0.1) is 5.92 Å². The molecule has 1 aliphatic heterocycles. The summed E-state index contributed by atoms with van der Waals surface area (Å²) in [5, 5.41) is 2.51. The second-order valence-corrected chi connectivity index (χ2v) is 6.81. The van der Waals surface area contributed by atoms with Gasteiger partial charge in [0, 0.05) is 10.7 Å². The number of carbonyl (C=O) groups is 3. The summed E-state index contributed by atoms with van der Waals surface area (Å²) < 4.78 is 5.97. The smallest absolute Gasteiger partial charge is 0.335 e. The summed E-state index contributed by atoms with van der Waals surface area (Å²) in [6.07, 6.45) is 1.17. The van der Waals surface area contributed by atoms with Crippen LogP contribution in [-0.2, 0) is 9.59 Å². The maximum atomic E-state index is 12.8. The van der Waals surface area contributed by atoms with Gasteiger partial charge in [0.1, 0.15) is 5.75 Å². The highest BCUT2D eigenvalue weighted by Gasteiger charge is 2.41. The van der Waals surface area contributed by atoms with Crippen LogP contribution < -0.4 is 15.0 Å². The van der Waals surface area contributed by atoms with Gasteiger partial charge in [0.25, 0.3) is 5.91 Å². The van der Waals surface area contributed by atoms with E-state index in [0.717, 1.165) is 9.37 Å². The van der Waals surface area contributed by atoms with Crippen LogP contribution in [0.3, 0.4) is 0 Å². The van der Waals surface area contributed by atoms with E-state index in [0.29, 0.717) is 16.5 Å². The number of amides is 4. The molecule has 1 heterocycles. The standard InChI is InChI=1S/C18H13BrClN3O4/c1-27-15-5-3-2-4-14(15)23-17(25)11(16(24)22-18(23)26)9-21-13-7-6-10(19)8-12(13)20/h2-9,11H,1H3,(H,22,24,26)/t11-/m0/s1. The van der Waals surface area contributed by atoms with Crippen LogP contribution in [0.25, 0.3) is 0 Å². The van der Waals surface area contributed by atoms with Gasteiger partial charge in [0.05, 0.1) is 23.5 Å². The highest BCUT2D eigenvalue weighted by molar-refractivity contribution is 9.10. The number of halogens is 2. The number of methoxy groups -OCH3 is 1. The van der Waals surface area contributed by atoms with Crippen molar-refractivity contribution in [1.82, 2.24) is 5.32 Å². The quantitative estimate of drug-likeness (QED) is 0.568. The van der Waals surface area contributed by atoms with E-state index in [1.54, 1.807) is 42.5 Å². The number of barbiturate groups is 1. The fourth-order valence-electron chi connectivity index (χ4n) is 2.51. The molecule has 1 N–H and O–H groups in total. The molecule has 4 amide bonds. The highest BCUT2D eigenvalue weighted by Crippen LogP contribution is 2.31. The molecule has 7 nitrogen and oxygen atoms in total. The molecular formula is C18H13BrClN3O4. The van der Waals surface area contributed by atoms with Gasteiger partial charge in [-0.3, -0.25) is 19.9 Å². The third-order valence-electron chi connectivity index (χ3n) is 3.80. The Balaban J connectivity index is 1.94. The first-order chi connectivity index (χ1) is 12.9. The summed E-state index contributed by atoms with van der Waals surface area (Å²) in [5.41, 5.74) is 0.622. The maximum absolute atomic E-state index is 12.8. The van der Waals surface area contributed by atoms with Crippen molar-refractivity contribution >= 4 is 63.0 Å². The van der Waals surface area contributed by atoms with Crippen LogP contribution >= 0.6 is 27.5 Å². The van der Waals surface area contributed by atoms with Crippen molar-refractivity contribution in [3.05, 3.63) is 52.0 Å². The van der Waals surface area contributed by atoms with E-state index in [4.69, 9.17) is 16.3 Å². The highest BCUT2D eigenvalue weighted by atomic mass is 79.9. The normalized spacial score (nSPS) is 17.4. The molecule has 0 aliphatic carbocycles. The number of carbonyl (C=O) groups excluding carboxylic acids is 3. The van der Waals surface area contributed by atoms with Gasteiger partial charge >= 0.3 is 6.03 Å². The first-order valence-electron chi connectivity index (χ1n) is 7.73. The van der Waals surface area contributed by atoms with Crippen molar-refractivity contribution in [3.63, 3.8) is 0 Å². The topological polar surface area (TPSA) is 88.1 Å². The average molecular weight is 451 g/mol. The predicted molar refractivity (Wildman–Crippen MR) is 105 cm³/mol. The fourth-order valence-corrected chi connectivity index (χ4v) is 3.23. The monoisotopic (exact) mass is 449 g/mol. The number of aliphatic imine (C=N–C) groups is 1. The van der Waals surface area contributed by atoms with E-state index in [1.165, 1.54) is 13.3 Å². The Hall–Kier alpha value is -2.71. The number of urea groups is 1. The molecule has 138 valence electrons. The number of imide groups is 2. The van der Waals surface area contributed by atoms with Crippen molar-refractivity contribution in [2.75, 3.05) is 12.0 Å². The minimum Gasteiger partial charge on any atom is -0.495 e. The number of rotatable bonds is 4. The van der Waals surface area contributed by atoms with Crippen molar-refractivity contribution in [2.45, 2.75) is 0 Å². The van der Waals surface area contributed by atoms with Gasteiger partial charge in [-0.2, -0.15) is 0 Å². The van der Waals surface area contributed by atoms with Crippen molar-refractivity contribution in [1.29, 1.82) is 0 Å². The summed E-state index contributed by atoms with van der Waals surface area (Å²) in [6.45, 7) is 0. The molecule has 0 saturated carbocycles. The minimum absolute atomic E-state index is 0.232. The van der Waals surface area contributed by atoms with Crippen molar-refractivity contribution in [2.24, 2.45) is 10.9 Å². The lowest BCUT2D eigenvalue weighted by atomic mass is 10.1. The number of benzene rings is 2. The lowest BCUT2D eigenvalue weighted by Gasteiger charge is -2.29. The molecule has 27 heavy (non-hydrogen) atoms. The first kappa shape index (κ1) is 19.1. The Kier molecular flexibility index (Phi) is 5.57. The summed E-state index contributed by atoms with van der Waals surface area (Å²) in [5.74, 6) is -2.45. The zero-order chi connectivity index (χ0) is 19.6. The maximum Gasteiger partial charge on any atom is 0.335 e. The van der Waals surface area contributed by atoms with Gasteiger partial charge in [-0.15, -0.1) is 0 Å². The van der Waals surface area contributed by atoms with Crippen molar-refractivity contribution in [3.8, 4) is 5.75 Å². The number of ether oxygens (including phenoxy) is 1. The molecule has 0 unspecified atom stereocenters. The summed E-state index contributed by atoms with van der Waals surface area (Å²) >= 11 is 9.38. The Morgan fingerprint density at radius 1 is 1.22 bits per heavy atom. The van der Waals surface area contributed by atoms with Gasteiger partial charge in [0.15, 0.2) is 5.92 Å². The van der Waals surface area contributed by atoms with Gasteiger partial charge in [-0.25, -0.2) is 9.69 Å². The molecule has 9 heteroatoms. The van der Waals surface area contributed by atoms with Crippen LogP contribution in [0.4, 0.5) is 16.2 Å². The second kappa shape index (κ2) is 7.89. The van der Waals surface area contributed by atoms with E-state index in [-0.39, 0.29) is 5.69 Å². The molecule has 3 rings (SSSR count). The Morgan fingerprint density at radius 2 is 1.96 bits per heavy atom. The lowest BCUT2D eigenvalue weighted by molar-refractivity contribution is -0.131. The number of anilines is 1. The molecule has 0 aromatic heterocycles. The summed E-state index contributed by atoms with van der Waals surface area (Å²) in [7, 11) is 1.42. The first-order valence-corrected chi connectivity index (χ1v) is 8.90. The van der Waals surface area contributed by atoms with Crippen LogP contribution in [0.1, 0.15) is 0 Å². The van der Waals surface area contributed by atoms with E-state index < -0.39 is 23.8 Å². The molecule has 0 bridgehead atoms. The van der Waals surface area contributed by atoms with E-state index >= 15 is 0 Å². The van der Waals surface area contributed by atoms with E-state index in [1.807, 2.05) is 0 Å². The Bertz CT molecular complexity index is 963. The number of hydrogen-bond acceptors (Lipinski definition) is 5. The molecule has 1 saturated heterocycles. The number of hydrogen-bond donors (Lipinski definition) is 1. The second-order valence-electron chi connectivity index (χ2n) is 5.49. The zero-order valence-electron chi connectivity index (χ0n) is 14.0. The molecular weight excluding hydrogens is 438 g/mol. The molecule has 2 aromatic rings. The number of para-hydroxylation sites is 2. The lowest BCUT2D eigenvalue weighted by Crippen LogP contribution is -2.58. The summed E-state index contributed by atoms with van der Waals surface area (Å²) in [6, 6.07) is 10.7. The molecule has 1 atom stereocenters. The summed E-state index contributed by atoms with van der Waals surface area (Å²) in [4.78, 5) is 42.2.